The molecule has 220 valence electrons. The Balaban J connectivity index is 2.76. The molecule has 1 rings (SSSR count). The lowest BCUT2D eigenvalue weighted by molar-refractivity contribution is -0.342. The van der Waals surface area contributed by atoms with Gasteiger partial charge in [0.25, 0.3) is 0 Å². The molecule has 38 heavy (non-hydrogen) atoms. The minimum atomic E-state index is -0.847. The molecule has 0 bridgehead atoms. The highest BCUT2D eigenvalue weighted by atomic mass is 17.2. The molecule has 0 saturated carbocycles. The van der Waals surface area contributed by atoms with Crippen LogP contribution in [0.1, 0.15) is 120 Å². The van der Waals surface area contributed by atoms with E-state index in [1.165, 1.54) is 0 Å². The third-order valence-corrected chi connectivity index (χ3v) is 5.62. The third-order valence-electron chi connectivity index (χ3n) is 5.62. The summed E-state index contributed by atoms with van der Waals surface area (Å²) >= 11 is 0. The maximum Gasteiger partial charge on any atom is 0.342 e. The van der Waals surface area contributed by atoms with Gasteiger partial charge in [0.05, 0.1) is 0 Å². The van der Waals surface area contributed by atoms with Gasteiger partial charge < -0.3 is 0 Å². The predicted molar refractivity (Wildman–Crippen MR) is 131 cm³/mol. The number of carbonyl (C=O) groups is 4. The molecule has 0 atom stereocenters. The van der Waals surface area contributed by atoms with Crippen LogP contribution in [0.25, 0.3) is 0 Å². The van der Waals surface area contributed by atoms with Crippen LogP contribution >= 0.6 is 0 Å². The smallest absolute Gasteiger partial charge is 0.298 e. The minimum absolute atomic E-state index is 0.0522. The van der Waals surface area contributed by atoms with Gasteiger partial charge >= 0.3 is 23.9 Å². The molecule has 1 aliphatic rings. The van der Waals surface area contributed by atoms with E-state index in [1.54, 1.807) is 55.4 Å². The number of rotatable bonds is 0. The summed E-state index contributed by atoms with van der Waals surface area (Å²) in [5, 5.41) is 0. The molecule has 0 radical (unpaired) electrons. The fraction of sp³-hybridized carbons (Fsp3) is 0.846. The summed E-state index contributed by atoms with van der Waals surface area (Å²) in [4.78, 5) is 88.9. The molecule has 1 saturated heterocycles. The zero-order valence-corrected chi connectivity index (χ0v) is 24.0. The summed E-state index contributed by atoms with van der Waals surface area (Å²) in [5.41, 5.74) is -3.39. The Kier molecular flexibility index (Phi) is 13.1. The molecular weight excluding hydrogens is 504 g/mol. The maximum atomic E-state index is 12.0. The van der Waals surface area contributed by atoms with E-state index in [1.807, 2.05) is 0 Å². The first kappa shape index (κ1) is 33.7. The molecule has 1 aliphatic heterocycles. The van der Waals surface area contributed by atoms with Crippen molar-refractivity contribution in [2.45, 2.75) is 142 Å². The van der Waals surface area contributed by atoms with Gasteiger partial charge in [0, 0.05) is 25.7 Å². The molecule has 0 aromatic carbocycles. The quantitative estimate of drug-likeness (QED) is 0.379. The van der Waals surface area contributed by atoms with Gasteiger partial charge in [-0.05, 0) is 93.9 Å². The Morgan fingerprint density at radius 3 is 0.763 bits per heavy atom. The van der Waals surface area contributed by atoms with E-state index >= 15 is 0 Å². The zero-order chi connectivity index (χ0) is 29.0. The lowest BCUT2D eigenvalue weighted by Gasteiger charge is -2.28. The van der Waals surface area contributed by atoms with Crippen molar-refractivity contribution in [1.29, 1.82) is 0 Å². The Labute approximate surface area is 224 Å². The van der Waals surface area contributed by atoms with Crippen molar-refractivity contribution in [1.82, 2.24) is 0 Å². The van der Waals surface area contributed by atoms with Crippen molar-refractivity contribution in [3.63, 3.8) is 0 Å². The summed E-state index contributed by atoms with van der Waals surface area (Å²) < 4.78 is 0. The van der Waals surface area contributed by atoms with Crippen LogP contribution in [0, 0.1) is 0 Å². The number of hydrogen-bond acceptors (Lipinski definition) is 12. The monoisotopic (exact) mass is 548 g/mol. The zero-order valence-electron chi connectivity index (χ0n) is 24.0. The van der Waals surface area contributed by atoms with Gasteiger partial charge in [-0.3, -0.25) is 19.6 Å². The van der Waals surface area contributed by atoms with Crippen molar-refractivity contribution < 1.29 is 58.3 Å². The van der Waals surface area contributed by atoms with E-state index in [0.717, 1.165) is 0 Å². The Hall–Kier alpha value is -2.28. The van der Waals surface area contributed by atoms with Gasteiger partial charge in [-0.2, -0.15) is 19.6 Å². The van der Waals surface area contributed by atoms with Crippen LogP contribution < -0.4 is 0 Å². The maximum absolute atomic E-state index is 12.0. The van der Waals surface area contributed by atoms with Crippen molar-refractivity contribution in [2.24, 2.45) is 0 Å². The normalized spacial score (nSPS) is 25.3. The van der Waals surface area contributed by atoms with Crippen LogP contribution in [-0.2, 0) is 58.3 Å². The van der Waals surface area contributed by atoms with Gasteiger partial charge in [-0.15, -0.1) is 0 Å². The highest BCUT2D eigenvalue weighted by Crippen LogP contribution is 2.27. The number of hydrogen-bond donors (Lipinski definition) is 0. The van der Waals surface area contributed by atoms with Crippen LogP contribution in [0.15, 0.2) is 0 Å². The van der Waals surface area contributed by atoms with Gasteiger partial charge in [-0.25, -0.2) is 19.2 Å². The van der Waals surface area contributed by atoms with Crippen molar-refractivity contribution in [3.05, 3.63) is 0 Å². The second kappa shape index (κ2) is 14.8. The van der Waals surface area contributed by atoms with Crippen LogP contribution in [0.5, 0.6) is 0 Å². The Morgan fingerprint density at radius 2 is 0.579 bits per heavy atom. The van der Waals surface area contributed by atoms with Gasteiger partial charge in [0.15, 0.2) is 0 Å². The molecule has 1 heterocycles. The molecule has 12 nitrogen and oxygen atoms in total. The average molecular weight is 549 g/mol. The lowest BCUT2D eigenvalue weighted by atomic mass is 9.94. The summed E-state index contributed by atoms with van der Waals surface area (Å²) in [5.74, 6) is -2.50. The molecule has 0 aliphatic carbocycles. The summed E-state index contributed by atoms with van der Waals surface area (Å²) in [6.07, 6.45) is 1.80. The SMILES string of the molecule is CC1(C)CCC(C)(C)OOC(=O)CCCC(=O)OOC(C)(C)CCC(C)(C)OOC(=O)CCCC(=O)OO1. The van der Waals surface area contributed by atoms with Gasteiger partial charge in [0.1, 0.15) is 22.4 Å². The van der Waals surface area contributed by atoms with Gasteiger partial charge in [-0.1, -0.05) is 0 Å². The molecule has 0 spiro atoms. The average Bonchev–Trinajstić information content (AvgIpc) is 2.82. The predicted octanol–water partition coefficient (Wildman–Crippen LogP) is 4.91. The van der Waals surface area contributed by atoms with Gasteiger partial charge in [0.2, 0.25) is 0 Å². The Morgan fingerprint density at radius 1 is 0.395 bits per heavy atom. The van der Waals surface area contributed by atoms with Crippen molar-refractivity contribution in [3.8, 4) is 0 Å². The second-order valence-electron chi connectivity index (χ2n) is 11.9. The van der Waals surface area contributed by atoms with Crippen molar-refractivity contribution >= 4 is 23.9 Å². The van der Waals surface area contributed by atoms with E-state index < -0.39 is 46.3 Å². The van der Waals surface area contributed by atoms with Crippen LogP contribution in [-0.4, -0.2) is 46.3 Å². The van der Waals surface area contributed by atoms with E-state index in [-0.39, 0.29) is 38.5 Å². The first-order chi connectivity index (χ1) is 17.4. The topological polar surface area (TPSA) is 142 Å². The largest absolute Gasteiger partial charge is 0.342 e. The molecule has 0 amide bonds. The Bertz CT molecular complexity index is 670. The first-order valence-electron chi connectivity index (χ1n) is 12.9. The molecular formula is C26H44O12. The number of carbonyl (C=O) groups excluding carboxylic acids is 4. The van der Waals surface area contributed by atoms with E-state index in [4.69, 9.17) is 39.1 Å². The summed E-state index contributed by atoms with van der Waals surface area (Å²) in [6, 6.07) is 0. The van der Waals surface area contributed by atoms with Crippen molar-refractivity contribution in [2.75, 3.05) is 0 Å². The van der Waals surface area contributed by atoms with E-state index in [2.05, 4.69) is 0 Å². The lowest BCUT2D eigenvalue weighted by Crippen LogP contribution is -2.33. The molecule has 0 aromatic rings. The fourth-order valence-electron chi connectivity index (χ4n) is 2.93. The molecule has 1 fully saturated rings. The summed E-state index contributed by atoms with van der Waals surface area (Å²) in [6.45, 7) is 13.9. The standard InChI is InChI=1S/C26H44O12/c1-23(2)15-16-24(3,4)36-32-20(28)13-10-14-22(30)34-38-26(7,8)18-17-25(5,6)37-33-21(29)12-9-11-19(27)31-35-23/h9-18H2,1-8H3. The van der Waals surface area contributed by atoms with E-state index in [9.17, 15) is 19.2 Å². The van der Waals surface area contributed by atoms with Crippen LogP contribution in [0.4, 0.5) is 0 Å². The van der Waals surface area contributed by atoms with Crippen LogP contribution in [0.2, 0.25) is 0 Å². The second-order valence-corrected chi connectivity index (χ2v) is 11.9. The third kappa shape index (κ3) is 15.9. The molecule has 0 unspecified atom stereocenters. The highest BCUT2D eigenvalue weighted by molar-refractivity contribution is 5.72. The fourth-order valence-corrected chi connectivity index (χ4v) is 2.93. The first-order valence-corrected chi connectivity index (χ1v) is 12.9. The summed E-state index contributed by atoms with van der Waals surface area (Å²) in [7, 11) is 0. The molecule has 12 heteroatoms. The molecule has 0 N–H and O–H groups in total. The van der Waals surface area contributed by atoms with E-state index in [0.29, 0.717) is 25.7 Å². The van der Waals surface area contributed by atoms with Crippen LogP contribution in [0.3, 0.4) is 0 Å². The highest BCUT2D eigenvalue weighted by Gasteiger charge is 2.31. The molecule has 0 aromatic heterocycles. The minimum Gasteiger partial charge on any atom is -0.298 e.